The van der Waals surface area contributed by atoms with Gasteiger partial charge in [0.15, 0.2) is 0 Å². The fraction of sp³-hybridized carbons (Fsp3) is 0.562. The van der Waals surface area contributed by atoms with E-state index in [1.165, 1.54) is 5.56 Å². The van der Waals surface area contributed by atoms with E-state index >= 15 is 0 Å². The zero-order chi connectivity index (χ0) is 14.6. The van der Waals surface area contributed by atoms with Crippen LogP contribution in [0.4, 0.5) is 0 Å². The number of benzene rings is 1. The highest BCUT2D eigenvalue weighted by Crippen LogP contribution is 2.22. The minimum absolute atomic E-state index is 0.00176. The van der Waals surface area contributed by atoms with Gasteiger partial charge in [-0.05, 0) is 41.5 Å². The molecule has 0 unspecified atom stereocenters. The van der Waals surface area contributed by atoms with Crippen molar-refractivity contribution < 1.29 is 14.6 Å². The molecule has 2 N–H and O–H groups in total. The maximum atomic E-state index is 12.2. The summed E-state index contributed by atoms with van der Waals surface area (Å²) in [6.45, 7) is 6.24. The summed E-state index contributed by atoms with van der Waals surface area (Å²) in [5, 5.41) is 11.9. The molecule has 1 aliphatic rings. The number of nitrogens with one attached hydrogen (secondary N) is 1. The number of hydrogen-bond acceptors (Lipinski definition) is 3. The molecule has 0 aromatic heterocycles. The largest absolute Gasteiger partial charge is 0.396 e. The lowest BCUT2D eigenvalue weighted by Crippen LogP contribution is -2.34. The molecular weight excluding hydrogens is 254 g/mol. The average molecular weight is 277 g/mol. The van der Waals surface area contributed by atoms with Crippen molar-refractivity contribution in [1.29, 1.82) is 0 Å². The molecule has 1 aliphatic heterocycles. The molecule has 0 saturated carbocycles. The SMILES string of the molecule is CC(C)(CCCO)CNC(=O)c1ccc2c(c1)COC2. The summed E-state index contributed by atoms with van der Waals surface area (Å²) in [5.74, 6) is -0.0447. The maximum Gasteiger partial charge on any atom is 0.251 e. The summed E-state index contributed by atoms with van der Waals surface area (Å²) in [6.07, 6.45) is 1.65. The Bertz CT molecular complexity index is 483. The molecule has 0 atom stereocenters. The molecule has 0 fully saturated rings. The summed E-state index contributed by atoms with van der Waals surface area (Å²) in [7, 11) is 0. The van der Waals surface area contributed by atoms with Gasteiger partial charge in [0, 0.05) is 18.7 Å². The predicted molar refractivity (Wildman–Crippen MR) is 77.4 cm³/mol. The number of carbonyl (C=O) groups is 1. The van der Waals surface area contributed by atoms with E-state index < -0.39 is 0 Å². The van der Waals surface area contributed by atoms with Gasteiger partial charge in [0.1, 0.15) is 0 Å². The molecule has 1 amide bonds. The van der Waals surface area contributed by atoms with E-state index in [0.29, 0.717) is 25.3 Å². The topological polar surface area (TPSA) is 58.6 Å². The first-order chi connectivity index (χ1) is 9.52. The zero-order valence-corrected chi connectivity index (χ0v) is 12.2. The lowest BCUT2D eigenvalue weighted by molar-refractivity contribution is 0.0932. The van der Waals surface area contributed by atoms with E-state index in [2.05, 4.69) is 19.2 Å². The van der Waals surface area contributed by atoms with Crippen LogP contribution in [0.15, 0.2) is 18.2 Å². The molecule has 0 saturated heterocycles. The molecule has 1 heterocycles. The average Bonchev–Trinajstić information content (AvgIpc) is 2.90. The van der Waals surface area contributed by atoms with Gasteiger partial charge in [-0.2, -0.15) is 0 Å². The maximum absolute atomic E-state index is 12.2. The van der Waals surface area contributed by atoms with Gasteiger partial charge in [-0.1, -0.05) is 19.9 Å². The summed E-state index contributed by atoms with van der Waals surface area (Å²) < 4.78 is 5.35. The first-order valence-electron chi connectivity index (χ1n) is 7.10. The highest BCUT2D eigenvalue weighted by Gasteiger charge is 2.19. The van der Waals surface area contributed by atoms with E-state index in [4.69, 9.17) is 9.84 Å². The van der Waals surface area contributed by atoms with Crippen LogP contribution in [-0.2, 0) is 18.0 Å². The predicted octanol–water partition coefficient (Wildman–Crippen LogP) is 2.25. The van der Waals surface area contributed by atoms with Crippen LogP contribution in [0.1, 0.15) is 48.2 Å². The fourth-order valence-corrected chi connectivity index (χ4v) is 2.38. The molecule has 1 aromatic carbocycles. The molecular formula is C16H23NO3. The Morgan fingerprint density at radius 1 is 1.35 bits per heavy atom. The minimum Gasteiger partial charge on any atom is -0.396 e. The summed E-state index contributed by atoms with van der Waals surface area (Å²) in [6, 6.07) is 5.73. The second-order valence-electron chi connectivity index (χ2n) is 6.15. The molecule has 110 valence electrons. The van der Waals surface area contributed by atoms with Crippen molar-refractivity contribution in [2.45, 2.75) is 39.9 Å². The second kappa shape index (κ2) is 6.37. The Morgan fingerprint density at radius 2 is 2.10 bits per heavy atom. The van der Waals surface area contributed by atoms with E-state index in [1.54, 1.807) is 0 Å². The van der Waals surface area contributed by atoms with Gasteiger partial charge in [-0.3, -0.25) is 4.79 Å². The fourth-order valence-electron chi connectivity index (χ4n) is 2.38. The van der Waals surface area contributed by atoms with Crippen molar-refractivity contribution in [2.24, 2.45) is 5.41 Å². The number of fused-ring (bicyclic) bond motifs is 1. The molecule has 2 rings (SSSR count). The first-order valence-corrected chi connectivity index (χ1v) is 7.10. The first kappa shape index (κ1) is 15.0. The summed E-state index contributed by atoms with van der Waals surface area (Å²) >= 11 is 0. The monoisotopic (exact) mass is 277 g/mol. The van der Waals surface area contributed by atoms with Gasteiger partial charge in [-0.15, -0.1) is 0 Å². The van der Waals surface area contributed by atoms with Gasteiger partial charge < -0.3 is 15.2 Å². The van der Waals surface area contributed by atoms with Gasteiger partial charge in [0.25, 0.3) is 5.91 Å². The Balaban J connectivity index is 1.92. The van der Waals surface area contributed by atoms with Crippen molar-refractivity contribution in [3.8, 4) is 0 Å². The molecule has 4 heteroatoms. The molecule has 0 aliphatic carbocycles. The van der Waals surface area contributed by atoms with Gasteiger partial charge >= 0.3 is 0 Å². The third-order valence-corrected chi connectivity index (χ3v) is 3.72. The third-order valence-electron chi connectivity index (χ3n) is 3.72. The molecule has 0 bridgehead atoms. The van der Waals surface area contributed by atoms with Crippen LogP contribution in [0.5, 0.6) is 0 Å². The molecule has 20 heavy (non-hydrogen) atoms. The van der Waals surface area contributed by atoms with Crippen molar-refractivity contribution in [2.75, 3.05) is 13.2 Å². The number of aliphatic hydroxyl groups excluding tert-OH is 1. The van der Waals surface area contributed by atoms with Gasteiger partial charge in [0.05, 0.1) is 13.2 Å². The summed E-state index contributed by atoms with van der Waals surface area (Å²) in [4.78, 5) is 12.2. The number of ether oxygens (including phenoxy) is 1. The third kappa shape index (κ3) is 3.81. The van der Waals surface area contributed by atoms with Gasteiger partial charge in [0.2, 0.25) is 0 Å². The van der Waals surface area contributed by atoms with Crippen molar-refractivity contribution >= 4 is 5.91 Å². The standard InChI is InChI=1S/C16H23NO3/c1-16(2,6-3-7-18)11-17-15(19)12-4-5-13-9-20-10-14(13)8-12/h4-5,8,18H,3,6-7,9-11H2,1-2H3,(H,17,19). The van der Waals surface area contributed by atoms with E-state index in [9.17, 15) is 4.79 Å². The Hall–Kier alpha value is -1.39. The lowest BCUT2D eigenvalue weighted by Gasteiger charge is -2.24. The number of carbonyl (C=O) groups excluding carboxylic acids is 1. The van der Waals surface area contributed by atoms with Crippen LogP contribution in [0.2, 0.25) is 0 Å². The zero-order valence-electron chi connectivity index (χ0n) is 12.2. The quantitative estimate of drug-likeness (QED) is 0.838. The molecule has 0 radical (unpaired) electrons. The van der Waals surface area contributed by atoms with E-state index in [-0.39, 0.29) is 17.9 Å². The number of aliphatic hydroxyl groups is 1. The summed E-state index contributed by atoms with van der Waals surface area (Å²) in [5.41, 5.74) is 2.97. The Morgan fingerprint density at radius 3 is 2.85 bits per heavy atom. The normalized spacial score (nSPS) is 14.2. The molecule has 4 nitrogen and oxygen atoms in total. The molecule has 1 aromatic rings. The Kier molecular flexibility index (Phi) is 4.78. The van der Waals surface area contributed by atoms with Crippen LogP contribution < -0.4 is 5.32 Å². The van der Waals surface area contributed by atoms with Crippen LogP contribution in [-0.4, -0.2) is 24.2 Å². The van der Waals surface area contributed by atoms with Crippen molar-refractivity contribution in [3.63, 3.8) is 0 Å². The van der Waals surface area contributed by atoms with Crippen LogP contribution >= 0.6 is 0 Å². The van der Waals surface area contributed by atoms with Crippen molar-refractivity contribution in [3.05, 3.63) is 34.9 Å². The number of hydrogen-bond donors (Lipinski definition) is 2. The molecule has 0 spiro atoms. The Labute approximate surface area is 120 Å². The van der Waals surface area contributed by atoms with Crippen LogP contribution in [0.3, 0.4) is 0 Å². The number of amides is 1. The lowest BCUT2D eigenvalue weighted by atomic mass is 9.88. The van der Waals surface area contributed by atoms with Crippen molar-refractivity contribution in [1.82, 2.24) is 5.32 Å². The highest BCUT2D eigenvalue weighted by molar-refractivity contribution is 5.94. The minimum atomic E-state index is -0.0447. The number of rotatable bonds is 6. The second-order valence-corrected chi connectivity index (χ2v) is 6.15. The van der Waals surface area contributed by atoms with Crippen LogP contribution in [0, 0.1) is 5.41 Å². The van der Waals surface area contributed by atoms with E-state index in [0.717, 1.165) is 18.4 Å². The smallest absolute Gasteiger partial charge is 0.251 e. The van der Waals surface area contributed by atoms with Crippen LogP contribution in [0.25, 0.3) is 0 Å². The van der Waals surface area contributed by atoms with E-state index in [1.807, 2.05) is 18.2 Å². The van der Waals surface area contributed by atoms with Gasteiger partial charge in [-0.25, -0.2) is 0 Å². The highest BCUT2D eigenvalue weighted by atomic mass is 16.5.